The Labute approximate surface area is 170 Å². The van der Waals surface area contributed by atoms with Gasteiger partial charge in [-0.15, -0.1) is 0 Å². The number of rotatable bonds is 7. The first-order valence-electron chi connectivity index (χ1n) is 10.1. The molecule has 0 spiro atoms. The van der Waals surface area contributed by atoms with E-state index in [1.165, 1.54) is 11.0 Å². The largest absolute Gasteiger partial charge is 0.507 e. The Hall–Kier alpha value is -2.95. The first kappa shape index (κ1) is 20.8. The van der Waals surface area contributed by atoms with E-state index in [2.05, 4.69) is 6.92 Å². The molecule has 0 bridgehead atoms. The van der Waals surface area contributed by atoms with Crippen LogP contribution in [0.2, 0.25) is 0 Å². The smallest absolute Gasteiger partial charge is 0.295 e. The molecule has 0 aliphatic carbocycles. The molecule has 1 amide bonds. The molecule has 0 aromatic heterocycles. The summed E-state index contributed by atoms with van der Waals surface area (Å²) in [5, 5.41) is 10.9. The van der Waals surface area contributed by atoms with E-state index in [0.29, 0.717) is 12.1 Å². The molecule has 1 aliphatic heterocycles. The van der Waals surface area contributed by atoms with E-state index in [1.807, 2.05) is 19.1 Å². The van der Waals surface area contributed by atoms with Crippen LogP contribution in [0.4, 0.5) is 4.39 Å². The second-order valence-corrected chi connectivity index (χ2v) is 7.44. The number of aliphatic hydroxyl groups is 1. The van der Waals surface area contributed by atoms with Crippen LogP contribution >= 0.6 is 0 Å². The highest BCUT2D eigenvalue weighted by molar-refractivity contribution is 6.46. The first-order valence-corrected chi connectivity index (χ1v) is 10.1. The predicted octanol–water partition coefficient (Wildman–Crippen LogP) is 5.14. The van der Waals surface area contributed by atoms with Gasteiger partial charge >= 0.3 is 0 Å². The van der Waals surface area contributed by atoms with Crippen LogP contribution in [-0.4, -0.2) is 28.2 Å². The molecule has 1 N–H and O–H groups in total. The maximum absolute atomic E-state index is 14.7. The molecule has 4 nitrogen and oxygen atoms in total. The number of hydrogen-bond donors (Lipinski definition) is 1. The number of likely N-dealkylation sites (tertiary alicyclic amines) is 1. The lowest BCUT2D eigenvalue weighted by Gasteiger charge is -2.25. The van der Waals surface area contributed by atoms with Crippen molar-refractivity contribution in [3.63, 3.8) is 0 Å². The average molecular weight is 395 g/mol. The minimum atomic E-state index is -0.931. The van der Waals surface area contributed by atoms with Crippen LogP contribution in [0.15, 0.2) is 54.1 Å². The lowest BCUT2D eigenvalue weighted by atomic mass is 9.94. The minimum Gasteiger partial charge on any atom is -0.507 e. The molecule has 0 saturated carbocycles. The lowest BCUT2D eigenvalue weighted by molar-refractivity contribution is -0.140. The molecule has 29 heavy (non-hydrogen) atoms. The van der Waals surface area contributed by atoms with Gasteiger partial charge in [0.25, 0.3) is 11.7 Å². The van der Waals surface area contributed by atoms with Crippen molar-refractivity contribution in [1.29, 1.82) is 0 Å². The zero-order chi connectivity index (χ0) is 21.0. The highest BCUT2D eigenvalue weighted by Crippen LogP contribution is 2.40. The second-order valence-electron chi connectivity index (χ2n) is 7.44. The summed E-state index contributed by atoms with van der Waals surface area (Å²) in [6.07, 6.45) is 3.71. The third kappa shape index (κ3) is 4.24. The van der Waals surface area contributed by atoms with Crippen molar-refractivity contribution in [3.8, 4) is 0 Å². The van der Waals surface area contributed by atoms with Gasteiger partial charge in [0, 0.05) is 17.7 Å². The van der Waals surface area contributed by atoms with E-state index >= 15 is 0 Å². The van der Waals surface area contributed by atoms with Gasteiger partial charge < -0.3 is 10.0 Å². The third-order valence-electron chi connectivity index (χ3n) is 5.32. The van der Waals surface area contributed by atoms with E-state index in [1.54, 1.807) is 30.3 Å². The number of benzene rings is 2. The fourth-order valence-electron chi connectivity index (χ4n) is 3.71. The van der Waals surface area contributed by atoms with Gasteiger partial charge in [0.15, 0.2) is 0 Å². The first-order chi connectivity index (χ1) is 14.0. The maximum Gasteiger partial charge on any atom is 0.295 e. The number of Topliss-reactive ketones (excluding diaryl/α,β-unsaturated/α-hetero) is 1. The van der Waals surface area contributed by atoms with Crippen molar-refractivity contribution < 1.29 is 19.1 Å². The van der Waals surface area contributed by atoms with Gasteiger partial charge in [0.1, 0.15) is 11.6 Å². The van der Waals surface area contributed by atoms with Gasteiger partial charge in [-0.2, -0.15) is 0 Å². The number of halogens is 1. The van der Waals surface area contributed by atoms with Gasteiger partial charge in [-0.3, -0.25) is 9.59 Å². The van der Waals surface area contributed by atoms with Crippen LogP contribution in [0.3, 0.4) is 0 Å². The number of amides is 1. The van der Waals surface area contributed by atoms with E-state index in [4.69, 9.17) is 0 Å². The predicted molar refractivity (Wildman–Crippen MR) is 111 cm³/mol. The molecule has 1 aliphatic rings. The van der Waals surface area contributed by atoms with Crippen LogP contribution in [0.25, 0.3) is 5.76 Å². The summed E-state index contributed by atoms with van der Waals surface area (Å²) in [5.41, 5.74) is 1.60. The van der Waals surface area contributed by atoms with E-state index in [9.17, 15) is 19.1 Å². The summed E-state index contributed by atoms with van der Waals surface area (Å²) in [6.45, 7) is 4.35. The summed E-state index contributed by atoms with van der Waals surface area (Å²) in [5.74, 6) is -2.24. The van der Waals surface area contributed by atoms with Crippen molar-refractivity contribution >= 4 is 17.4 Å². The Morgan fingerprint density at radius 1 is 1.03 bits per heavy atom. The summed E-state index contributed by atoms with van der Waals surface area (Å²) in [6, 6.07) is 12.2. The Morgan fingerprint density at radius 2 is 1.72 bits per heavy atom. The zero-order valence-corrected chi connectivity index (χ0v) is 16.8. The Kier molecular flexibility index (Phi) is 6.47. The molecule has 1 heterocycles. The minimum absolute atomic E-state index is 0.0561. The Morgan fingerprint density at radius 3 is 2.38 bits per heavy atom. The molecule has 2 aromatic carbocycles. The highest BCUT2D eigenvalue weighted by atomic mass is 19.1. The molecule has 1 saturated heterocycles. The van der Waals surface area contributed by atoms with Crippen LogP contribution in [0.5, 0.6) is 0 Å². The second kappa shape index (κ2) is 9.03. The Bertz CT molecular complexity index is 933. The quantitative estimate of drug-likeness (QED) is 0.306. The summed E-state index contributed by atoms with van der Waals surface area (Å²) >= 11 is 0. The van der Waals surface area contributed by atoms with Crippen LogP contribution in [0, 0.1) is 12.7 Å². The Balaban J connectivity index is 2.08. The van der Waals surface area contributed by atoms with Gasteiger partial charge in [-0.25, -0.2) is 4.39 Å². The molecular formula is C24H26FNO3. The standard InChI is InChI=1S/C24H26FNO3/c1-3-4-5-8-15-26-21(18-9-6-7-10-19(18)25)20(23(28)24(26)29)22(27)17-13-11-16(2)12-14-17/h6-7,9-14,21,27H,3-5,8,15H2,1-2H3/b22-20+. The molecule has 3 rings (SSSR count). The number of aliphatic hydroxyl groups excluding tert-OH is 1. The average Bonchev–Trinajstić information content (AvgIpc) is 2.96. The topological polar surface area (TPSA) is 57.6 Å². The highest BCUT2D eigenvalue weighted by Gasteiger charge is 2.46. The van der Waals surface area contributed by atoms with Crippen molar-refractivity contribution in [2.75, 3.05) is 6.54 Å². The number of ketones is 1. The molecular weight excluding hydrogens is 369 g/mol. The van der Waals surface area contributed by atoms with Gasteiger partial charge in [0.2, 0.25) is 0 Å². The van der Waals surface area contributed by atoms with Gasteiger partial charge in [-0.05, 0) is 19.4 Å². The number of nitrogens with zero attached hydrogens (tertiary/aromatic N) is 1. The van der Waals surface area contributed by atoms with Crippen LogP contribution < -0.4 is 0 Å². The maximum atomic E-state index is 14.7. The summed E-state index contributed by atoms with van der Waals surface area (Å²) < 4.78 is 14.7. The molecule has 1 unspecified atom stereocenters. The molecule has 1 fully saturated rings. The van der Waals surface area contributed by atoms with Gasteiger partial charge in [0.05, 0.1) is 11.6 Å². The van der Waals surface area contributed by atoms with Crippen molar-refractivity contribution in [2.45, 2.75) is 45.6 Å². The fourth-order valence-corrected chi connectivity index (χ4v) is 3.71. The fraction of sp³-hybridized carbons (Fsp3) is 0.333. The molecule has 152 valence electrons. The molecule has 1 atom stereocenters. The van der Waals surface area contributed by atoms with E-state index < -0.39 is 23.5 Å². The summed E-state index contributed by atoms with van der Waals surface area (Å²) in [4.78, 5) is 27.0. The number of hydrogen-bond acceptors (Lipinski definition) is 3. The SMILES string of the molecule is CCCCCCN1C(=O)C(=O)/C(=C(/O)c2ccc(C)cc2)C1c1ccccc1F. The van der Waals surface area contributed by atoms with Crippen molar-refractivity contribution in [2.24, 2.45) is 0 Å². The van der Waals surface area contributed by atoms with Crippen LogP contribution in [0.1, 0.15) is 55.3 Å². The van der Waals surface area contributed by atoms with Crippen LogP contribution in [-0.2, 0) is 9.59 Å². The summed E-state index contributed by atoms with van der Waals surface area (Å²) in [7, 11) is 0. The number of carbonyl (C=O) groups is 2. The molecule has 5 heteroatoms. The van der Waals surface area contributed by atoms with E-state index in [0.717, 1.165) is 31.2 Å². The third-order valence-corrected chi connectivity index (χ3v) is 5.32. The molecule has 2 aromatic rings. The number of carbonyl (C=O) groups excluding carboxylic acids is 2. The molecule has 0 radical (unpaired) electrons. The number of unbranched alkanes of at least 4 members (excludes halogenated alkanes) is 3. The number of aryl methyl sites for hydroxylation is 1. The van der Waals surface area contributed by atoms with E-state index in [-0.39, 0.29) is 16.9 Å². The zero-order valence-electron chi connectivity index (χ0n) is 16.8. The monoisotopic (exact) mass is 395 g/mol. The van der Waals surface area contributed by atoms with Crippen molar-refractivity contribution in [3.05, 3.63) is 76.6 Å². The van der Waals surface area contributed by atoms with Gasteiger partial charge in [-0.1, -0.05) is 74.2 Å². The van der Waals surface area contributed by atoms with Crippen molar-refractivity contribution in [1.82, 2.24) is 4.90 Å². The lowest BCUT2D eigenvalue weighted by Crippen LogP contribution is -2.31. The normalized spacial score (nSPS) is 18.4.